The highest BCUT2D eigenvalue weighted by Crippen LogP contribution is 2.38. The minimum Gasteiger partial charge on any atom is -0.490 e. The molecule has 0 atom stereocenters. The molecule has 0 saturated carbocycles. The van der Waals surface area contributed by atoms with Gasteiger partial charge in [0.1, 0.15) is 12.3 Å². The van der Waals surface area contributed by atoms with Crippen LogP contribution in [0.4, 0.5) is 4.79 Å². The van der Waals surface area contributed by atoms with Crippen LogP contribution in [0.15, 0.2) is 64.8 Å². The van der Waals surface area contributed by atoms with Crippen LogP contribution in [0.1, 0.15) is 29.2 Å². The lowest BCUT2D eigenvalue weighted by atomic mass is 10.1. The Labute approximate surface area is 227 Å². The lowest BCUT2D eigenvalue weighted by Gasteiger charge is -2.15. The summed E-state index contributed by atoms with van der Waals surface area (Å²) in [6.07, 6.45) is 1.61. The number of hydrogen-bond acceptors (Lipinski definition) is 4. The highest BCUT2D eigenvalue weighted by atomic mass is 79.9. The van der Waals surface area contributed by atoms with Gasteiger partial charge >= 0.3 is 6.03 Å². The fraction of sp³-hybridized carbons (Fsp3) is 0.185. The zero-order chi connectivity index (χ0) is 25.8. The van der Waals surface area contributed by atoms with E-state index in [-0.39, 0.29) is 18.8 Å². The first-order valence-corrected chi connectivity index (χ1v) is 12.7. The number of carbonyl (C=O) groups is 2. The molecule has 1 aliphatic rings. The molecule has 1 aliphatic heterocycles. The van der Waals surface area contributed by atoms with Gasteiger partial charge in [0, 0.05) is 15.6 Å². The standard InChI is InChI=1S/C27H23BrCl2N2O4/c1-3-35-24-12-18(10-21(28)25(24)36-15-19-8-9-20(29)13-22(19)30)11-23-26(33)32(27(34)31-23)14-17-6-4-16(2)5-7-17/h4-13H,3,14-15H2,1-2H3,(H,31,34)/b23-11+. The number of carbonyl (C=O) groups excluding carboxylic acids is 2. The molecule has 0 bridgehead atoms. The Morgan fingerprint density at radius 1 is 1.03 bits per heavy atom. The van der Waals surface area contributed by atoms with Gasteiger partial charge in [-0.3, -0.25) is 9.69 Å². The zero-order valence-electron chi connectivity index (χ0n) is 19.6. The van der Waals surface area contributed by atoms with E-state index >= 15 is 0 Å². The molecule has 0 radical (unpaired) electrons. The number of rotatable bonds is 8. The molecule has 0 aliphatic carbocycles. The van der Waals surface area contributed by atoms with Crippen molar-refractivity contribution < 1.29 is 19.1 Å². The van der Waals surface area contributed by atoms with Crippen LogP contribution in [-0.2, 0) is 17.9 Å². The Bertz CT molecular complexity index is 1340. The molecule has 1 saturated heterocycles. The van der Waals surface area contributed by atoms with E-state index in [4.69, 9.17) is 32.7 Å². The van der Waals surface area contributed by atoms with Crippen molar-refractivity contribution >= 4 is 57.1 Å². The average Bonchev–Trinajstić information content (AvgIpc) is 3.08. The molecule has 36 heavy (non-hydrogen) atoms. The fourth-order valence-corrected chi connectivity index (χ4v) is 4.66. The molecule has 3 aromatic carbocycles. The predicted octanol–water partition coefficient (Wildman–Crippen LogP) is 7.13. The minimum atomic E-state index is -0.462. The number of nitrogens with zero attached hydrogens (tertiary/aromatic N) is 1. The van der Waals surface area contributed by atoms with Crippen molar-refractivity contribution in [2.45, 2.75) is 27.0 Å². The third kappa shape index (κ3) is 6.03. The molecule has 1 heterocycles. The summed E-state index contributed by atoms with van der Waals surface area (Å²) >= 11 is 15.8. The molecule has 4 rings (SSSR count). The highest BCUT2D eigenvalue weighted by molar-refractivity contribution is 9.10. The number of imide groups is 1. The quantitative estimate of drug-likeness (QED) is 0.224. The summed E-state index contributed by atoms with van der Waals surface area (Å²) in [6, 6.07) is 16.0. The van der Waals surface area contributed by atoms with Crippen molar-refractivity contribution in [1.82, 2.24) is 10.2 Å². The largest absolute Gasteiger partial charge is 0.490 e. The second-order valence-electron chi connectivity index (χ2n) is 8.15. The number of aryl methyl sites for hydroxylation is 1. The lowest BCUT2D eigenvalue weighted by molar-refractivity contribution is -0.123. The fourth-order valence-electron chi connectivity index (χ4n) is 3.62. The molecule has 0 aromatic heterocycles. The van der Waals surface area contributed by atoms with Gasteiger partial charge in [-0.15, -0.1) is 0 Å². The zero-order valence-corrected chi connectivity index (χ0v) is 22.7. The van der Waals surface area contributed by atoms with Gasteiger partial charge in [-0.25, -0.2) is 4.79 Å². The van der Waals surface area contributed by atoms with E-state index in [0.717, 1.165) is 16.7 Å². The van der Waals surface area contributed by atoms with Crippen LogP contribution in [-0.4, -0.2) is 23.4 Å². The Morgan fingerprint density at radius 3 is 2.47 bits per heavy atom. The van der Waals surface area contributed by atoms with Gasteiger partial charge in [-0.1, -0.05) is 59.1 Å². The van der Waals surface area contributed by atoms with Gasteiger partial charge in [-0.2, -0.15) is 0 Å². The Kier molecular flexibility index (Phi) is 8.24. The maximum absolute atomic E-state index is 13.0. The van der Waals surface area contributed by atoms with E-state index in [1.165, 1.54) is 4.90 Å². The molecule has 0 unspecified atom stereocenters. The second-order valence-corrected chi connectivity index (χ2v) is 9.85. The van der Waals surface area contributed by atoms with Crippen molar-refractivity contribution in [2.75, 3.05) is 6.61 Å². The number of ether oxygens (including phenoxy) is 2. The van der Waals surface area contributed by atoms with E-state index in [9.17, 15) is 9.59 Å². The Hall–Kier alpha value is -3.00. The topological polar surface area (TPSA) is 67.9 Å². The molecular weight excluding hydrogens is 567 g/mol. The van der Waals surface area contributed by atoms with Gasteiger partial charge < -0.3 is 14.8 Å². The van der Waals surface area contributed by atoms with Gasteiger partial charge in [0.05, 0.1) is 17.6 Å². The van der Waals surface area contributed by atoms with Gasteiger partial charge in [-0.05, 0) is 71.2 Å². The van der Waals surface area contributed by atoms with Crippen molar-refractivity contribution in [1.29, 1.82) is 0 Å². The van der Waals surface area contributed by atoms with Crippen LogP contribution in [0.25, 0.3) is 6.08 Å². The summed E-state index contributed by atoms with van der Waals surface area (Å²) in [4.78, 5) is 26.6. The molecule has 3 amide bonds. The molecule has 1 N–H and O–H groups in total. The maximum atomic E-state index is 13.0. The van der Waals surface area contributed by atoms with Crippen LogP contribution in [0, 0.1) is 6.92 Å². The van der Waals surface area contributed by atoms with E-state index in [1.807, 2.05) is 38.1 Å². The van der Waals surface area contributed by atoms with Crippen LogP contribution in [0.2, 0.25) is 10.0 Å². The second kappa shape index (κ2) is 11.4. The molecule has 0 spiro atoms. The number of nitrogens with one attached hydrogen (secondary N) is 1. The molecule has 1 fully saturated rings. The smallest absolute Gasteiger partial charge is 0.329 e. The SMILES string of the molecule is CCOc1cc(/C=C2/NC(=O)N(Cc3ccc(C)cc3)C2=O)cc(Br)c1OCc1ccc(Cl)cc1Cl. The average molecular weight is 590 g/mol. The monoisotopic (exact) mass is 588 g/mol. The van der Waals surface area contributed by atoms with Crippen molar-refractivity contribution in [3.05, 3.63) is 97.1 Å². The maximum Gasteiger partial charge on any atom is 0.329 e. The molecule has 3 aromatic rings. The van der Waals surface area contributed by atoms with Crippen LogP contribution < -0.4 is 14.8 Å². The summed E-state index contributed by atoms with van der Waals surface area (Å²) in [6.45, 7) is 4.65. The van der Waals surface area contributed by atoms with E-state index in [0.29, 0.717) is 38.2 Å². The highest BCUT2D eigenvalue weighted by Gasteiger charge is 2.33. The summed E-state index contributed by atoms with van der Waals surface area (Å²) < 4.78 is 12.4. The summed E-state index contributed by atoms with van der Waals surface area (Å²) in [5, 5.41) is 3.71. The Balaban J connectivity index is 1.55. The number of hydrogen-bond donors (Lipinski definition) is 1. The summed E-state index contributed by atoms with van der Waals surface area (Å²) in [7, 11) is 0. The van der Waals surface area contributed by atoms with E-state index in [2.05, 4.69) is 21.2 Å². The third-order valence-corrected chi connectivity index (χ3v) is 6.63. The van der Waals surface area contributed by atoms with Gasteiger partial charge in [0.2, 0.25) is 0 Å². The minimum absolute atomic E-state index is 0.183. The summed E-state index contributed by atoms with van der Waals surface area (Å²) in [5.74, 6) is 0.581. The van der Waals surface area contributed by atoms with E-state index in [1.54, 1.807) is 36.4 Å². The molecule has 6 nitrogen and oxygen atoms in total. The number of urea groups is 1. The first-order valence-electron chi connectivity index (χ1n) is 11.2. The van der Waals surface area contributed by atoms with Crippen LogP contribution in [0.3, 0.4) is 0 Å². The van der Waals surface area contributed by atoms with Crippen LogP contribution >= 0.6 is 39.1 Å². The van der Waals surface area contributed by atoms with Crippen molar-refractivity contribution in [3.63, 3.8) is 0 Å². The number of amides is 3. The number of benzene rings is 3. The third-order valence-electron chi connectivity index (χ3n) is 5.45. The van der Waals surface area contributed by atoms with Gasteiger partial charge in [0.25, 0.3) is 5.91 Å². The first kappa shape index (κ1) is 26.1. The molecule has 9 heteroatoms. The lowest BCUT2D eigenvalue weighted by Crippen LogP contribution is -2.30. The number of halogens is 3. The van der Waals surface area contributed by atoms with Gasteiger partial charge in [0.15, 0.2) is 11.5 Å². The summed E-state index contributed by atoms with van der Waals surface area (Å²) in [5.41, 5.74) is 3.59. The molecule has 186 valence electrons. The van der Waals surface area contributed by atoms with Crippen molar-refractivity contribution in [2.24, 2.45) is 0 Å². The van der Waals surface area contributed by atoms with Crippen LogP contribution in [0.5, 0.6) is 11.5 Å². The predicted molar refractivity (Wildman–Crippen MR) is 144 cm³/mol. The molecular formula is C27H23BrCl2N2O4. The van der Waals surface area contributed by atoms with E-state index < -0.39 is 11.9 Å². The first-order chi connectivity index (χ1) is 17.2. The Morgan fingerprint density at radius 2 is 1.78 bits per heavy atom. The normalized spacial score (nSPS) is 14.4. The van der Waals surface area contributed by atoms with Crippen molar-refractivity contribution in [3.8, 4) is 11.5 Å².